The second-order valence-electron chi connectivity index (χ2n) is 3.48. The molecule has 0 spiro atoms. The maximum Gasteiger partial charge on any atom is 0.138 e. The molecule has 1 atom stereocenters. The lowest BCUT2D eigenvalue weighted by Crippen LogP contribution is -2.52. The molecule has 1 aliphatic heterocycles. The second kappa shape index (κ2) is 7.28. The Morgan fingerprint density at radius 3 is 2.60 bits per heavy atom. The van der Waals surface area contributed by atoms with Crippen molar-refractivity contribution in [2.45, 2.75) is 25.5 Å². The van der Waals surface area contributed by atoms with E-state index in [2.05, 4.69) is 10.2 Å². The molecule has 6 heteroatoms. The third kappa shape index (κ3) is 7.85. The SMILES string of the molecule is CC.[B]C([B])(O)OCC1CN(C)CCN1. The zero-order chi connectivity index (χ0) is 11.9. The van der Waals surface area contributed by atoms with Gasteiger partial charge in [-0.05, 0) is 7.05 Å². The third-order valence-corrected chi connectivity index (χ3v) is 1.97. The van der Waals surface area contributed by atoms with Crippen LogP contribution < -0.4 is 5.32 Å². The Morgan fingerprint density at radius 2 is 2.13 bits per heavy atom. The van der Waals surface area contributed by atoms with E-state index in [4.69, 9.17) is 25.5 Å². The van der Waals surface area contributed by atoms with Gasteiger partial charge in [0.05, 0.1) is 12.2 Å². The summed E-state index contributed by atoms with van der Waals surface area (Å²) >= 11 is 0. The van der Waals surface area contributed by atoms with Crippen molar-refractivity contribution in [2.75, 3.05) is 33.3 Å². The first-order valence-corrected chi connectivity index (χ1v) is 5.33. The summed E-state index contributed by atoms with van der Waals surface area (Å²) in [6, 6.07) is 0.178. The molecule has 0 amide bonds. The minimum Gasteiger partial charge on any atom is -0.384 e. The summed E-state index contributed by atoms with van der Waals surface area (Å²) in [4.78, 5) is 2.18. The summed E-state index contributed by atoms with van der Waals surface area (Å²) in [5, 5.41) is 12.1. The number of aliphatic hydroxyl groups is 1. The van der Waals surface area contributed by atoms with Crippen LogP contribution in [0, 0.1) is 0 Å². The number of hydrogen-bond acceptors (Lipinski definition) is 4. The molecular formula is C9H20B2N2O2. The molecule has 1 saturated heterocycles. The highest BCUT2D eigenvalue weighted by molar-refractivity contribution is 6.37. The number of hydrogen-bond donors (Lipinski definition) is 2. The summed E-state index contributed by atoms with van der Waals surface area (Å²) in [6.45, 7) is 7.12. The molecule has 15 heavy (non-hydrogen) atoms. The van der Waals surface area contributed by atoms with Crippen molar-refractivity contribution < 1.29 is 9.84 Å². The van der Waals surface area contributed by atoms with Crippen molar-refractivity contribution in [3.05, 3.63) is 0 Å². The van der Waals surface area contributed by atoms with Crippen LogP contribution in [0.1, 0.15) is 13.8 Å². The highest BCUT2D eigenvalue weighted by Crippen LogP contribution is 2.00. The smallest absolute Gasteiger partial charge is 0.138 e. The number of rotatable bonds is 3. The van der Waals surface area contributed by atoms with Gasteiger partial charge in [-0.15, -0.1) is 0 Å². The van der Waals surface area contributed by atoms with Crippen molar-refractivity contribution in [3.8, 4) is 0 Å². The van der Waals surface area contributed by atoms with E-state index in [1.165, 1.54) is 0 Å². The van der Waals surface area contributed by atoms with Gasteiger partial charge in [-0.3, -0.25) is 0 Å². The maximum absolute atomic E-state index is 8.91. The van der Waals surface area contributed by atoms with Gasteiger partial charge in [0.25, 0.3) is 0 Å². The Balaban J connectivity index is 0.000000921. The topological polar surface area (TPSA) is 44.7 Å². The van der Waals surface area contributed by atoms with Crippen molar-refractivity contribution in [3.63, 3.8) is 0 Å². The van der Waals surface area contributed by atoms with Crippen LogP contribution in [0.25, 0.3) is 0 Å². The van der Waals surface area contributed by atoms with Gasteiger partial charge in [-0.1, -0.05) is 13.8 Å². The van der Waals surface area contributed by atoms with Crippen molar-refractivity contribution in [1.29, 1.82) is 0 Å². The van der Waals surface area contributed by atoms with Crippen LogP contribution in [0.15, 0.2) is 0 Å². The molecule has 0 saturated carbocycles. The van der Waals surface area contributed by atoms with Gasteiger partial charge < -0.3 is 20.1 Å². The van der Waals surface area contributed by atoms with E-state index >= 15 is 0 Å². The molecule has 1 heterocycles. The quantitative estimate of drug-likeness (QED) is 0.457. The lowest BCUT2D eigenvalue weighted by atomic mass is 9.76. The molecule has 0 aromatic heterocycles. The zero-order valence-electron chi connectivity index (χ0n) is 9.86. The van der Waals surface area contributed by atoms with E-state index in [9.17, 15) is 0 Å². The number of ether oxygens (including phenoxy) is 1. The van der Waals surface area contributed by atoms with Gasteiger partial charge in [0.1, 0.15) is 15.7 Å². The first kappa shape index (κ1) is 15.0. The Labute approximate surface area is 95.2 Å². The zero-order valence-corrected chi connectivity index (χ0v) is 9.86. The van der Waals surface area contributed by atoms with Gasteiger partial charge in [-0.2, -0.15) is 0 Å². The van der Waals surface area contributed by atoms with Crippen LogP contribution in [-0.2, 0) is 4.74 Å². The van der Waals surface area contributed by atoms with Crippen LogP contribution >= 0.6 is 0 Å². The summed E-state index contributed by atoms with van der Waals surface area (Å²) in [5.74, 6) is 0. The normalized spacial score (nSPS) is 23.1. The van der Waals surface area contributed by atoms with Gasteiger partial charge >= 0.3 is 0 Å². The second-order valence-corrected chi connectivity index (χ2v) is 3.48. The average molecular weight is 210 g/mol. The fraction of sp³-hybridized carbons (Fsp3) is 1.00. The molecule has 2 N–H and O–H groups in total. The summed E-state index contributed by atoms with van der Waals surface area (Å²) < 4.78 is 4.84. The fourth-order valence-corrected chi connectivity index (χ4v) is 1.34. The maximum atomic E-state index is 8.91. The summed E-state index contributed by atoms with van der Waals surface area (Å²) in [5.41, 5.74) is -2.02. The minimum absolute atomic E-state index is 0.178. The minimum atomic E-state index is -2.02. The lowest BCUT2D eigenvalue weighted by molar-refractivity contribution is -0.0851. The van der Waals surface area contributed by atoms with E-state index in [1.807, 2.05) is 20.9 Å². The molecule has 0 aromatic carbocycles. The predicted molar refractivity (Wildman–Crippen MR) is 63.0 cm³/mol. The number of nitrogens with zero attached hydrogens (tertiary/aromatic N) is 1. The molecule has 1 unspecified atom stereocenters. The van der Waals surface area contributed by atoms with Crippen molar-refractivity contribution in [2.24, 2.45) is 0 Å². The van der Waals surface area contributed by atoms with Crippen molar-refractivity contribution in [1.82, 2.24) is 10.2 Å². The van der Waals surface area contributed by atoms with Crippen LogP contribution in [0.3, 0.4) is 0 Å². The first-order chi connectivity index (χ1) is 6.97. The highest BCUT2D eigenvalue weighted by atomic mass is 16.6. The Hall–Kier alpha value is -0.0301. The molecule has 0 aromatic rings. The van der Waals surface area contributed by atoms with Gasteiger partial charge in [-0.25, -0.2) is 0 Å². The van der Waals surface area contributed by atoms with Crippen LogP contribution in [0.4, 0.5) is 0 Å². The van der Waals surface area contributed by atoms with E-state index in [0.717, 1.165) is 19.6 Å². The van der Waals surface area contributed by atoms with Crippen LogP contribution in [-0.4, -0.2) is 70.6 Å². The molecule has 4 radical (unpaired) electrons. The standard InChI is InChI=1S/C7H14B2N2O2.C2H6/c1-11-3-2-10-6(4-11)5-13-7(8,9)12;1-2/h6,10,12H,2-5H2,1H3;1-2H3. The molecule has 0 aliphatic carbocycles. The Bertz CT molecular complexity index is 165. The monoisotopic (exact) mass is 210 g/mol. The molecule has 1 fully saturated rings. The molecular weight excluding hydrogens is 190 g/mol. The number of likely N-dealkylation sites (N-methyl/N-ethyl adjacent to an activating group) is 1. The average Bonchev–Trinajstić information content (AvgIpc) is 2.17. The summed E-state index contributed by atoms with van der Waals surface area (Å²) in [7, 11) is 12.1. The lowest BCUT2D eigenvalue weighted by Gasteiger charge is -2.32. The molecule has 84 valence electrons. The summed E-state index contributed by atoms with van der Waals surface area (Å²) in [6.07, 6.45) is 0. The van der Waals surface area contributed by atoms with Gasteiger partial charge in [0.15, 0.2) is 0 Å². The molecule has 1 aliphatic rings. The van der Waals surface area contributed by atoms with Crippen molar-refractivity contribution >= 4 is 15.7 Å². The molecule has 0 bridgehead atoms. The molecule has 1 rings (SSSR count). The van der Waals surface area contributed by atoms with Crippen LogP contribution in [0.2, 0.25) is 0 Å². The van der Waals surface area contributed by atoms with Gasteiger partial charge in [0.2, 0.25) is 0 Å². The predicted octanol–water partition coefficient (Wildman–Crippen LogP) is -1.13. The van der Waals surface area contributed by atoms with Gasteiger partial charge in [0, 0.05) is 25.7 Å². The highest BCUT2D eigenvalue weighted by Gasteiger charge is 2.19. The fourth-order valence-electron chi connectivity index (χ4n) is 1.34. The number of nitrogens with one attached hydrogen (secondary N) is 1. The van der Waals surface area contributed by atoms with E-state index < -0.39 is 5.59 Å². The Morgan fingerprint density at radius 1 is 1.53 bits per heavy atom. The van der Waals surface area contributed by atoms with E-state index in [0.29, 0.717) is 6.61 Å². The number of piperazine rings is 1. The van der Waals surface area contributed by atoms with E-state index in [-0.39, 0.29) is 6.04 Å². The Kier molecular flexibility index (Phi) is 7.26. The van der Waals surface area contributed by atoms with E-state index in [1.54, 1.807) is 0 Å². The molecule has 4 nitrogen and oxygen atoms in total. The first-order valence-electron chi connectivity index (χ1n) is 5.33. The third-order valence-electron chi connectivity index (χ3n) is 1.97. The largest absolute Gasteiger partial charge is 0.384 e. The van der Waals surface area contributed by atoms with Crippen LogP contribution in [0.5, 0.6) is 0 Å².